The van der Waals surface area contributed by atoms with Crippen LogP contribution in [0.3, 0.4) is 0 Å². The number of hydrogen-bond donors (Lipinski definition) is 1. The lowest BCUT2D eigenvalue weighted by Crippen LogP contribution is -2.46. The van der Waals surface area contributed by atoms with Crippen molar-refractivity contribution in [3.05, 3.63) is 23.9 Å². The predicted molar refractivity (Wildman–Crippen MR) is 69.3 cm³/mol. The van der Waals surface area contributed by atoms with Crippen LogP contribution in [0.2, 0.25) is 0 Å². The topological polar surface area (TPSA) is 34.1 Å². The summed E-state index contributed by atoms with van der Waals surface area (Å²) in [4.78, 5) is 4.27. The van der Waals surface area contributed by atoms with E-state index >= 15 is 0 Å². The highest BCUT2D eigenvalue weighted by molar-refractivity contribution is 5.21. The highest BCUT2D eigenvalue weighted by atomic mass is 16.5. The van der Waals surface area contributed by atoms with Crippen molar-refractivity contribution in [3.63, 3.8) is 0 Å². The van der Waals surface area contributed by atoms with Gasteiger partial charge < -0.3 is 10.1 Å². The Morgan fingerprint density at radius 1 is 1.41 bits per heavy atom. The number of rotatable bonds is 6. The van der Waals surface area contributed by atoms with Crippen molar-refractivity contribution >= 4 is 0 Å². The van der Waals surface area contributed by atoms with Crippen molar-refractivity contribution in [1.29, 1.82) is 0 Å². The van der Waals surface area contributed by atoms with Gasteiger partial charge in [0.25, 0.3) is 0 Å². The fourth-order valence-corrected chi connectivity index (χ4v) is 2.25. The van der Waals surface area contributed by atoms with Crippen LogP contribution in [-0.2, 0) is 6.42 Å². The molecule has 0 bridgehead atoms. The molecule has 0 aromatic carbocycles. The van der Waals surface area contributed by atoms with Crippen molar-refractivity contribution in [2.24, 2.45) is 0 Å². The Bertz CT molecular complexity index is 348. The molecule has 1 fully saturated rings. The van der Waals surface area contributed by atoms with Crippen LogP contribution in [0.25, 0.3) is 0 Å². The zero-order valence-corrected chi connectivity index (χ0v) is 10.8. The first-order chi connectivity index (χ1) is 8.31. The predicted octanol–water partition coefficient (Wildman–Crippen LogP) is 2.55. The summed E-state index contributed by atoms with van der Waals surface area (Å²) >= 11 is 0. The molecule has 3 heteroatoms. The second-order valence-electron chi connectivity index (χ2n) is 4.72. The average molecular weight is 234 g/mol. The maximum absolute atomic E-state index is 5.86. The van der Waals surface area contributed by atoms with E-state index in [-0.39, 0.29) is 0 Å². The Labute approximate surface area is 104 Å². The van der Waals surface area contributed by atoms with E-state index in [1.807, 2.05) is 6.20 Å². The van der Waals surface area contributed by atoms with Crippen molar-refractivity contribution in [3.8, 4) is 5.88 Å². The van der Waals surface area contributed by atoms with Gasteiger partial charge in [-0.25, -0.2) is 4.98 Å². The number of nitrogens with zero attached hydrogens (tertiary/aromatic N) is 1. The highest BCUT2D eigenvalue weighted by Crippen LogP contribution is 2.25. The Morgan fingerprint density at radius 2 is 2.24 bits per heavy atom. The molecular weight excluding hydrogens is 212 g/mol. The average Bonchev–Trinajstić information content (AvgIpc) is 2.27. The van der Waals surface area contributed by atoms with E-state index in [0.29, 0.717) is 12.1 Å². The zero-order chi connectivity index (χ0) is 12.1. The summed E-state index contributed by atoms with van der Waals surface area (Å²) in [5, 5.41) is 3.43. The molecule has 0 aliphatic heterocycles. The Morgan fingerprint density at radius 3 is 2.94 bits per heavy atom. The molecule has 1 aliphatic carbocycles. The molecule has 0 amide bonds. The summed E-state index contributed by atoms with van der Waals surface area (Å²) in [6.07, 6.45) is 6.67. The van der Waals surface area contributed by atoms with E-state index < -0.39 is 0 Å². The number of nitrogens with one attached hydrogen (secondary N) is 1. The quantitative estimate of drug-likeness (QED) is 0.821. The second-order valence-corrected chi connectivity index (χ2v) is 4.72. The monoisotopic (exact) mass is 234 g/mol. The number of pyridine rings is 1. The minimum Gasteiger partial charge on any atom is -0.474 e. The van der Waals surface area contributed by atoms with Crippen LogP contribution in [0.1, 0.15) is 38.7 Å². The SMILES string of the molecule is CCCc1ccnc(OC2CC(NCC)C2)c1. The van der Waals surface area contributed by atoms with Gasteiger partial charge in [-0.3, -0.25) is 0 Å². The van der Waals surface area contributed by atoms with Crippen LogP contribution in [0.5, 0.6) is 5.88 Å². The van der Waals surface area contributed by atoms with Gasteiger partial charge in [0, 0.05) is 18.3 Å². The molecule has 0 atom stereocenters. The third-order valence-electron chi connectivity index (χ3n) is 3.21. The summed E-state index contributed by atoms with van der Waals surface area (Å²) < 4.78 is 5.86. The molecule has 0 spiro atoms. The van der Waals surface area contributed by atoms with Gasteiger partial charge in [-0.2, -0.15) is 0 Å². The summed E-state index contributed by atoms with van der Waals surface area (Å²) in [6, 6.07) is 4.78. The lowest BCUT2D eigenvalue weighted by molar-refractivity contribution is 0.0814. The van der Waals surface area contributed by atoms with Crippen LogP contribution < -0.4 is 10.1 Å². The fourth-order valence-electron chi connectivity index (χ4n) is 2.25. The third kappa shape index (κ3) is 3.43. The summed E-state index contributed by atoms with van der Waals surface area (Å²) in [5.41, 5.74) is 1.32. The van der Waals surface area contributed by atoms with Gasteiger partial charge in [-0.15, -0.1) is 0 Å². The lowest BCUT2D eigenvalue weighted by Gasteiger charge is -2.35. The maximum Gasteiger partial charge on any atom is 0.213 e. The van der Waals surface area contributed by atoms with Gasteiger partial charge in [0.05, 0.1) is 0 Å². The number of hydrogen-bond acceptors (Lipinski definition) is 3. The van der Waals surface area contributed by atoms with E-state index in [0.717, 1.165) is 38.1 Å². The molecule has 0 radical (unpaired) electrons. The minimum atomic E-state index is 0.350. The first-order valence-corrected chi connectivity index (χ1v) is 6.66. The standard InChI is InChI=1S/C14H22N2O/c1-3-5-11-6-7-16-14(8-11)17-13-9-12(10-13)15-4-2/h6-8,12-13,15H,3-5,9-10H2,1-2H3. The third-order valence-corrected chi connectivity index (χ3v) is 3.21. The first kappa shape index (κ1) is 12.4. The normalized spacial score (nSPS) is 23.2. The van der Waals surface area contributed by atoms with E-state index in [2.05, 4.69) is 36.3 Å². The molecule has 1 aromatic rings. The molecular formula is C14H22N2O. The van der Waals surface area contributed by atoms with Gasteiger partial charge in [-0.05, 0) is 37.4 Å². The fraction of sp³-hybridized carbons (Fsp3) is 0.643. The largest absolute Gasteiger partial charge is 0.474 e. The van der Waals surface area contributed by atoms with Crippen LogP contribution in [-0.4, -0.2) is 23.7 Å². The van der Waals surface area contributed by atoms with Crippen LogP contribution in [0, 0.1) is 0 Å². The zero-order valence-electron chi connectivity index (χ0n) is 10.8. The molecule has 1 heterocycles. The summed E-state index contributed by atoms with van der Waals surface area (Å²) in [7, 11) is 0. The van der Waals surface area contributed by atoms with Gasteiger partial charge in [-0.1, -0.05) is 20.3 Å². The molecule has 1 aliphatic rings. The van der Waals surface area contributed by atoms with Gasteiger partial charge >= 0.3 is 0 Å². The van der Waals surface area contributed by atoms with E-state index in [9.17, 15) is 0 Å². The number of aryl methyl sites for hydroxylation is 1. The van der Waals surface area contributed by atoms with Gasteiger partial charge in [0.1, 0.15) is 6.10 Å². The smallest absolute Gasteiger partial charge is 0.213 e. The second kappa shape index (κ2) is 6.01. The molecule has 1 N–H and O–H groups in total. The van der Waals surface area contributed by atoms with Crippen molar-refractivity contribution < 1.29 is 4.74 Å². The van der Waals surface area contributed by atoms with Gasteiger partial charge in [0.2, 0.25) is 5.88 Å². The van der Waals surface area contributed by atoms with Crippen molar-refractivity contribution in [2.75, 3.05) is 6.54 Å². The Hall–Kier alpha value is -1.09. The molecule has 1 aromatic heterocycles. The molecule has 94 valence electrons. The molecule has 2 rings (SSSR count). The summed E-state index contributed by atoms with van der Waals surface area (Å²) in [5.74, 6) is 0.788. The van der Waals surface area contributed by atoms with E-state index in [1.54, 1.807) is 0 Å². The van der Waals surface area contributed by atoms with Crippen LogP contribution in [0.15, 0.2) is 18.3 Å². The molecule has 0 saturated heterocycles. The van der Waals surface area contributed by atoms with E-state index in [4.69, 9.17) is 4.74 Å². The Balaban J connectivity index is 1.81. The molecule has 17 heavy (non-hydrogen) atoms. The molecule has 3 nitrogen and oxygen atoms in total. The number of ether oxygens (including phenoxy) is 1. The van der Waals surface area contributed by atoms with Crippen LogP contribution >= 0.6 is 0 Å². The maximum atomic E-state index is 5.86. The number of aromatic nitrogens is 1. The van der Waals surface area contributed by atoms with E-state index in [1.165, 1.54) is 5.56 Å². The summed E-state index contributed by atoms with van der Waals surface area (Å²) in [6.45, 7) is 5.37. The lowest BCUT2D eigenvalue weighted by atomic mass is 9.89. The molecule has 1 saturated carbocycles. The highest BCUT2D eigenvalue weighted by Gasteiger charge is 2.30. The minimum absolute atomic E-state index is 0.350. The van der Waals surface area contributed by atoms with Crippen molar-refractivity contribution in [1.82, 2.24) is 10.3 Å². The first-order valence-electron chi connectivity index (χ1n) is 6.66. The van der Waals surface area contributed by atoms with Crippen LogP contribution in [0.4, 0.5) is 0 Å². The Kier molecular flexibility index (Phi) is 4.37. The van der Waals surface area contributed by atoms with Gasteiger partial charge in [0.15, 0.2) is 0 Å². The van der Waals surface area contributed by atoms with Crippen molar-refractivity contribution in [2.45, 2.75) is 51.7 Å². The molecule has 0 unspecified atom stereocenters.